The lowest BCUT2D eigenvalue weighted by Crippen LogP contribution is -2.60. The molecule has 0 radical (unpaired) electrons. The SMILES string of the molecule is Cc1cnn(-c2ccc(C3CCN(S(=O)(=O)C4(C(=O)NO)CCOCC4)CC3)nc2)c1.Cl. The van der Waals surface area contributed by atoms with Gasteiger partial charge in [-0.3, -0.25) is 15.0 Å². The number of hydroxylamine groups is 1. The Hall–Kier alpha value is -2.05. The van der Waals surface area contributed by atoms with E-state index in [0.717, 1.165) is 16.9 Å². The van der Waals surface area contributed by atoms with Crippen LogP contribution in [0.4, 0.5) is 0 Å². The molecule has 0 bridgehead atoms. The lowest BCUT2D eigenvalue weighted by Gasteiger charge is -2.40. The van der Waals surface area contributed by atoms with E-state index in [9.17, 15) is 18.4 Å². The Bertz CT molecular complexity index is 1030. The van der Waals surface area contributed by atoms with Gasteiger partial charge in [0.25, 0.3) is 5.91 Å². The molecule has 0 saturated carbocycles. The van der Waals surface area contributed by atoms with E-state index in [0.29, 0.717) is 25.9 Å². The maximum Gasteiger partial charge on any atom is 0.266 e. The summed E-state index contributed by atoms with van der Waals surface area (Å²) in [5.74, 6) is -0.749. The number of hydrogen-bond donors (Lipinski definition) is 2. The van der Waals surface area contributed by atoms with Crippen molar-refractivity contribution in [3.8, 4) is 5.69 Å². The molecule has 2 aromatic heterocycles. The van der Waals surface area contributed by atoms with Crippen molar-refractivity contribution in [2.45, 2.75) is 43.3 Å². The van der Waals surface area contributed by atoms with Gasteiger partial charge in [0.1, 0.15) is 0 Å². The third kappa shape index (κ3) is 4.40. The molecule has 10 nitrogen and oxygen atoms in total. The summed E-state index contributed by atoms with van der Waals surface area (Å²) in [4.78, 5) is 17.0. The van der Waals surface area contributed by atoms with Crippen LogP contribution < -0.4 is 5.48 Å². The summed E-state index contributed by atoms with van der Waals surface area (Å²) in [7, 11) is -3.95. The number of hydrogen-bond acceptors (Lipinski definition) is 7. The minimum Gasteiger partial charge on any atom is -0.381 e. The van der Waals surface area contributed by atoms with Crippen LogP contribution in [0, 0.1) is 6.92 Å². The molecule has 2 aromatic rings. The molecule has 0 aliphatic carbocycles. The zero-order valence-corrected chi connectivity index (χ0v) is 19.4. The van der Waals surface area contributed by atoms with Gasteiger partial charge in [-0.2, -0.15) is 5.10 Å². The van der Waals surface area contributed by atoms with Crippen LogP contribution in [0.15, 0.2) is 30.7 Å². The van der Waals surface area contributed by atoms with Crippen molar-refractivity contribution in [3.05, 3.63) is 42.0 Å². The van der Waals surface area contributed by atoms with Gasteiger partial charge in [0.05, 0.1) is 18.1 Å². The number of nitrogens with zero attached hydrogens (tertiary/aromatic N) is 4. The van der Waals surface area contributed by atoms with E-state index in [1.165, 1.54) is 4.31 Å². The number of carbonyl (C=O) groups excluding carboxylic acids is 1. The van der Waals surface area contributed by atoms with Gasteiger partial charge in [-0.15, -0.1) is 12.4 Å². The molecule has 32 heavy (non-hydrogen) atoms. The normalized spacial score (nSPS) is 19.8. The Morgan fingerprint density at radius 1 is 1.22 bits per heavy atom. The molecule has 176 valence electrons. The topological polar surface area (TPSA) is 127 Å². The van der Waals surface area contributed by atoms with Crippen molar-refractivity contribution < 1.29 is 23.2 Å². The molecule has 4 rings (SSSR count). The number of aryl methyl sites for hydroxylation is 1. The largest absolute Gasteiger partial charge is 0.381 e. The van der Waals surface area contributed by atoms with Gasteiger partial charge in [-0.05, 0) is 37.5 Å². The molecule has 12 heteroatoms. The van der Waals surface area contributed by atoms with E-state index < -0.39 is 20.7 Å². The van der Waals surface area contributed by atoms with Gasteiger partial charge in [-0.25, -0.2) is 22.9 Å². The number of sulfonamides is 1. The predicted octanol–water partition coefficient (Wildman–Crippen LogP) is 1.56. The number of piperidine rings is 1. The van der Waals surface area contributed by atoms with Crippen LogP contribution in [-0.4, -0.2) is 69.7 Å². The summed E-state index contributed by atoms with van der Waals surface area (Å²) in [6.07, 6.45) is 6.75. The lowest BCUT2D eigenvalue weighted by molar-refractivity contribution is -0.134. The van der Waals surface area contributed by atoms with E-state index in [-0.39, 0.29) is 44.4 Å². The molecule has 0 aromatic carbocycles. The third-order valence-electron chi connectivity index (χ3n) is 6.27. The summed E-state index contributed by atoms with van der Waals surface area (Å²) < 4.78 is 33.5. The second-order valence-corrected chi connectivity index (χ2v) is 10.4. The molecule has 2 aliphatic rings. The summed E-state index contributed by atoms with van der Waals surface area (Å²) in [5, 5.41) is 13.5. The molecule has 2 fully saturated rings. The Morgan fingerprint density at radius 2 is 1.91 bits per heavy atom. The van der Waals surface area contributed by atoms with Gasteiger partial charge < -0.3 is 4.74 Å². The molecule has 1 amide bonds. The van der Waals surface area contributed by atoms with Crippen LogP contribution in [0.3, 0.4) is 0 Å². The fourth-order valence-corrected chi connectivity index (χ4v) is 6.52. The zero-order chi connectivity index (χ0) is 22.1. The molecule has 4 heterocycles. The Morgan fingerprint density at radius 3 is 2.44 bits per heavy atom. The number of ether oxygens (including phenoxy) is 1. The molecule has 2 saturated heterocycles. The third-order valence-corrected chi connectivity index (χ3v) is 8.89. The number of pyridine rings is 1. The monoisotopic (exact) mass is 485 g/mol. The first-order chi connectivity index (χ1) is 14.9. The summed E-state index contributed by atoms with van der Waals surface area (Å²) in [6.45, 7) is 2.90. The summed E-state index contributed by atoms with van der Waals surface area (Å²) in [6, 6.07) is 3.92. The predicted molar refractivity (Wildman–Crippen MR) is 119 cm³/mol. The fraction of sp³-hybridized carbons (Fsp3) is 0.550. The Labute approximate surface area is 193 Å². The highest BCUT2D eigenvalue weighted by atomic mass is 35.5. The number of aromatic nitrogens is 3. The van der Waals surface area contributed by atoms with Crippen LogP contribution in [0.25, 0.3) is 5.69 Å². The minimum absolute atomic E-state index is 0. The van der Waals surface area contributed by atoms with Gasteiger partial charge in [0.15, 0.2) is 4.75 Å². The van der Waals surface area contributed by atoms with Crippen molar-refractivity contribution in [1.29, 1.82) is 0 Å². The highest BCUT2D eigenvalue weighted by Gasteiger charge is 2.54. The smallest absolute Gasteiger partial charge is 0.266 e. The van der Waals surface area contributed by atoms with Gasteiger partial charge >= 0.3 is 0 Å². The molecule has 0 unspecified atom stereocenters. The van der Waals surface area contributed by atoms with E-state index >= 15 is 0 Å². The van der Waals surface area contributed by atoms with Gasteiger partial charge in [0, 0.05) is 57.0 Å². The van der Waals surface area contributed by atoms with E-state index in [1.54, 1.807) is 22.6 Å². The molecular formula is C20H28ClN5O5S. The number of halogens is 1. The highest BCUT2D eigenvalue weighted by molar-refractivity contribution is 7.91. The van der Waals surface area contributed by atoms with Crippen LogP contribution >= 0.6 is 12.4 Å². The van der Waals surface area contributed by atoms with Crippen LogP contribution in [0.2, 0.25) is 0 Å². The first kappa shape index (κ1) is 24.6. The Kier molecular flexibility index (Phi) is 7.56. The van der Waals surface area contributed by atoms with Crippen molar-refractivity contribution >= 4 is 28.3 Å². The Balaban J connectivity index is 0.00000289. The first-order valence-electron chi connectivity index (χ1n) is 10.4. The average Bonchev–Trinajstić information content (AvgIpc) is 3.25. The van der Waals surface area contributed by atoms with E-state index in [1.807, 2.05) is 25.3 Å². The quantitative estimate of drug-likeness (QED) is 0.486. The molecule has 0 spiro atoms. The molecular weight excluding hydrogens is 458 g/mol. The minimum atomic E-state index is -3.95. The molecule has 0 atom stereocenters. The number of rotatable bonds is 5. The van der Waals surface area contributed by atoms with Crippen LogP contribution in [0.5, 0.6) is 0 Å². The molecule has 2 N–H and O–H groups in total. The average molecular weight is 486 g/mol. The first-order valence-corrected chi connectivity index (χ1v) is 11.8. The van der Waals surface area contributed by atoms with E-state index in [2.05, 4.69) is 10.1 Å². The standard InChI is InChI=1S/C20H27N5O5S.ClH/c1-15-12-22-25(14-15)17-2-3-18(21-13-17)16-4-8-24(9-5-16)31(28,29)20(19(26)23-27)6-10-30-11-7-20;/h2-3,12-14,16,27H,4-11H2,1H3,(H,23,26);1H. The number of amides is 1. The fourth-order valence-electron chi connectivity index (χ4n) is 4.37. The molecule has 2 aliphatic heterocycles. The van der Waals surface area contributed by atoms with Crippen molar-refractivity contribution in [2.24, 2.45) is 0 Å². The van der Waals surface area contributed by atoms with Gasteiger partial charge in [0.2, 0.25) is 10.0 Å². The lowest BCUT2D eigenvalue weighted by atomic mass is 9.94. The van der Waals surface area contributed by atoms with Crippen molar-refractivity contribution in [2.75, 3.05) is 26.3 Å². The zero-order valence-electron chi connectivity index (χ0n) is 17.8. The highest BCUT2D eigenvalue weighted by Crippen LogP contribution is 2.36. The maximum atomic E-state index is 13.4. The second-order valence-electron chi connectivity index (χ2n) is 8.13. The number of carbonyl (C=O) groups is 1. The van der Waals surface area contributed by atoms with Gasteiger partial charge in [-0.1, -0.05) is 0 Å². The maximum absolute atomic E-state index is 13.4. The summed E-state index contributed by atoms with van der Waals surface area (Å²) >= 11 is 0. The van der Waals surface area contributed by atoms with E-state index in [4.69, 9.17) is 4.74 Å². The summed E-state index contributed by atoms with van der Waals surface area (Å²) in [5.41, 5.74) is 4.41. The second kappa shape index (κ2) is 9.84. The number of nitrogens with one attached hydrogen (secondary N) is 1. The van der Waals surface area contributed by atoms with Crippen molar-refractivity contribution in [1.82, 2.24) is 24.5 Å². The van der Waals surface area contributed by atoms with Crippen molar-refractivity contribution in [3.63, 3.8) is 0 Å². The van der Waals surface area contributed by atoms with Crippen LogP contribution in [0.1, 0.15) is 42.9 Å². The van der Waals surface area contributed by atoms with Crippen LogP contribution in [-0.2, 0) is 19.6 Å².